The van der Waals surface area contributed by atoms with E-state index in [1.165, 1.54) is 11.1 Å². The van der Waals surface area contributed by atoms with Crippen molar-refractivity contribution >= 4 is 51.5 Å². The van der Waals surface area contributed by atoms with Crippen LogP contribution in [0.2, 0.25) is 0 Å². The molecule has 0 saturated carbocycles. The van der Waals surface area contributed by atoms with E-state index in [4.69, 9.17) is 28.9 Å². The van der Waals surface area contributed by atoms with Gasteiger partial charge >= 0.3 is 0 Å². The number of hydrogen-bond acceptors (Lipinski definition) is 8. The van der Waals surface area contributed by atoms with E-state index in [1.807, 2.05) is 52.6 Å². The summed E-state index contributed by atoms with van der Waals surface area (Å²) in [5.41, 5.74) is 9.75. The number of ether oxygens (including phenoxy) is 4. The molecule has 4 aliphatic heterocycles. The lowest BCUT2D eigenvalue weighted by molar-refractivity contribution is 0.0696. The average Bonchev–Trinajstić information content (AvgIpc) is 3.45. The van der Waals surface area contributed by atoms with E-state index in [1.54, 1.807) is 38.5 Å². The zero-order valence-corrected chi connectivity index (χ0v) is 32.6. The fourth-order valence-corrected chi connectivity index (χ4v) is 8.38. The van der Waals surface area contributed by atoms with Crippen LogP contribution >= 0.6 is 15.9 Å². The zero-order valence-electron chi connectivity index (χ0n) is 31.0. The van der Waals surface area contributed by atoms with E-state index in [-0.39, 0.29) is 37.1 Å². The number of alkyl halides is 1. The highest BCUT2D eigenvalue weighted by atomic mass is 79.9. The molecular formula is C45H39BrN4O6. The van der Waals surface area contributed by atoms with Gasteiger partial charge in [-0.15, -0.1) is 0 Å². The number of benzene rings is 5. The molecule has 0 bridgehead atoms. The molecular weight excluding hydrogens is 772 g/mol. The average molecular weight is 812 g/mol. The molecule has 0 N–H and O–H groups in total. The van der Waals surface area contributed by atoms with Crippen LogP contribution in [0.5, 0.6) is 23.0 Å². The smallest absolute Gasteiger partial charge is 0.257 e. The van der Waals surface area contributed by atoms with Crippen LogP contribution in [0.1, 0.15) is 59.7 Å². The summed E-state index contributed by atoms with van der Waals surface area (Å²) >= 11 is 3.62. The Hall–Kier alpha value is -5.94. The minimum atomic E-state index is -0.130. The summed E-state index contributed by atoms with van der Waals surface area (Å²) in [7, 11) is 3.14. The number of amides is 2. The van der Waals surface area contributed by atoms with Gasteiger partial charge in [0.05, 0.1) is 48.8 Å². The Balaban J connectivity index is 0.925. The molecule has 5 aromatic carbocycles. The molecule has 0 aliphatic carbocycles. The third-order valence-electron chi connectivity index (χ3n) is 11.0. The molecule has 4 aliphatic rings. The van der Waals surface area contributed by atoms with Gasteiger partial charge in [0.15, 0.2) is 23.0 Å². The minimum Gasteiger partial charge on any atom is -0.493 e. The molecule has 2 amide bonds. The molecule has 0 spiro atoms. The van der Waals surface area contributed by atoms with Gasteiger partial charge in [-0.2, -0.15) is 0 Å². The SMILES string of the molecule is COc1cc2c(cc1OCc1cc(CBr)cc(COc3cc4c(cc3OC)C(=O)N3Cc5ccccc5C[C@H]3C=N4)c1)N=CC1Cc3ccccc3CN1C2=O. The molecule has 2 atom stereocenters. The number of fused-ring (bicyclic) bond motifs is 6. The molecule has 5 aromatic rings. The molecule has 10 nitrogen and oxygen atoms in total. The number of carbonyl (C=O) groups is 2. The highest BCUT2D eigenvalue weighted by Crippen LogP contribution is 2.41. The Kier molecular flexibility index (Phi) is 9.54. The van der Waals surface area contributed by atoms with Crippen molar-refractivity contribution in [3.8, 4) is 23.0 Å². The van der Waals surface area contributed by atoms with Crippen molar-refractivity contribution in [2.45, 2.75) is 56.6 Å². The van der Waals surface area contributed by atoms with Crippen molar-refractivity contribution in [2.75, 3.05) is 14.2 Å². The molecule has 0 fully saturated rings. The molecule has 4 heterocycles. The second-order valence-electron chi connectivity index (χ2n) is 14.4. The normalized spacial score (nSPS) is 17.7. The van der Waals surface area contributed by atoms with Gasteiger partial charge in [-0.1, -0.05) is 76.6 Å². The molecule has 11 heteroatoms. The summed E-state index contributed by atoms with van der Waals surface area (Å²) < 4.78 is 24.2. The third-order valence-corrected chi connectivity index (χ3v) is 11.6. The first-order valence-corrected chi connectivity index (χ1v) is 19.7. The summed E-state index contributed by atoms with van der Waals surface area (Å²) in [4.78, 5) is 41.0. The van der Waals surface area contributed by atoms with E-state index in [0.717, 1.165) is 40.7 Å². The highest BCUT2D eigenvalue weighted by molar-refractivity contribution is 9.08. The Morgan fingerprint density at radius 2 is 1.02 bits per heavy atom. The topological polar surface area (TPSA) is 102 Å². The predicted octanol–water partition coefficient (Wildman–Crippen LogP) is 8.32. The van der Waals surface area contributed by atoms with E-state index >= 15 is 0 Å². The standard InChI is InChI=1S/C45H39BrN4O6/c1-53-40-16-36-38(47-21-34-14-30-7-3-5-9-32(30)23-49(34)44(36)51)18-42(40)55-25-28-11-27(20-46)12-29(13-28)26-56-43-19-39-37(17-41(43)54-2)45(52)50-24-33-10-6-4-8-31(33)15-35(50)22-48-39/h3-13,16-19,21-22,34-35H,14-15,20,23-26H2,1-2H3/t34-,35?/m0/s1. The van der Waals surface area contributed by atoms with E-state index in [9.17, 15) is 9.59 Å². The van der Waals surface area contributed by atoms with E-state index < -0.39 is 0 Å². The second kappa shape index (κ2) is 15.0. The summed E-state index contributed by atoms with van der Waals surface area (Å²) in [6.45, 7) is 1.54. The van der Waals surface area contributed by atoms with Crippen molar-refractivity contribution in [3.63, 3.8) is 0 Å². The first kappa shape index (κ1) is 35.7. The van der Waals surface area contributed by atoms with Crippen molar-refractivity contribution in [2.24, 2.45) is 9.98 Å². The van der Waals surface area contributed by atoms with Crippen LogP contribution in [0.25, 0.3) is 0 Å². The van der Waals surface area contributed by atoms with Crippen LogP contribution in [0.15, 0.2) is 101 Å². The Morgan fingerprint density at radius 1 is 0.589 bits per heavy atom. The molecule has 0 saturated heterocycles. The molecule has 1 unspecified atom stereocenters. The van der Waals surface area contributed by atoms with Crippen LogP contribution in [-0.4, -0.2) is 60.3 Å². The van der Waals surface area contributed by atoms with Gasteiger partial charge in [0.2, 0.25) is 0 Å². The predicted molar refractivity (Wildman–Crippen MR) is 218 cm³/mol. The highest BCUT2D eigenvalue weighted by Gasteiger charge is 2.35. The van der Waals surface area contributed by atoms with Gasteiger partial charge in [0.25, 0.3) is 11.8 Å². The van der Waals surface area contributed by atoms with Crippen molar-refractivity contribution < 1.29 is 28.5 Å². The quantitative estimate of drug-likeness (QED) is 0.139. The number of carbonyl (C=O) groups excluding carboxylic acids is 2. The fourth-order valence-electron chi connectivity index (χ4n) is 8.05. The summed E-state index contributed by atoms with van der Waals surface area (Å²) in [6.07, 6.45) is 5.18. The van der Waals surface area contributed by atoms with Crippen LogP contribution in [-0.2, 0) is 44.5 Å². The van der Waals surface area contributed by atoms with Gasteiger partial charge in [0, 0.05) is 43.0 Å². The molecule has 9 rings (SSSR count). The Labute approximate surface area is 333 Å². The third kappa shape index (κ3) is 6.70. The monoisotopic (exact) mass is 810 g/mol. The maximum atomic E-state index is 13.8. The number of nitrogens with zero attached hydrogens (tertiary/aromatic N) is 4. The maximum Gasteiger partial charge on any atom is 0.257 e. The lowest BCUT2D eigenvalue weighted by Gasteiger charge is -2.34. The van der Waals surface area contributed by atoms with Crippen LogP contribution in [0.3, 0.4) is 0 Å². The number of halogens is 1. The number of rotatable bonds is 9. The first-order chi connectivity index (χ1) is 27.4. The van der Waals surface area contributed by atoms with Gasteiger partial charge in [0.1, 0.15) is 13.2 Å². The molecule has 0 radical (unpaired) electrons. The number of methoxy groups -OCH3 is 2. The van der Waals surface area contributed by atoms with Crippen molar-refractivity contribution in [1.82, 2.24) is 9.80 Å². The lowest BCUT2D eigenvalue weighted by atomic mass is 9.94. The molecule has 282 valence electrons. The Bertz CT molecular complexity index is 2280. The number of hydrogen-bond donors (Lipinski definition) is 0. The van der Waals surface area contributed by atoms with Crippen molar-refractivity contribution in [1.29, 1.82) is 0 Å². The minimum absolute atomic E-state index is 0.0807. The van der Waals surface area contributed by atoms with E-state index in [0.29, 0.717) is 63.9 Å². The molecule has 0 aromatic heterocycles. The second-order valence-corrected chi connectivity index (χ2v) is 15.0. The van der Waals surface area contributed by atoms with Gasteiger partial charge in [-0.05, 0) is 70.0 Å². The summed E-state index contributed by atoms with van der Waals surface area (Å²) in [5, 5.41) is 0.634. The first-order valence-electron chi connectivity index (χ1n) is 18.6. The van der Waals surface area contributed by atoms with Crippen molar-refractivity contribution in [3.05, 3.63) is 141 Å². The Morgan fingerprint density at radius 3 is 1.45 bits per heavy atom. The van der Waals surface area contributed by atoms with Gasteiger partial charge in [-0.25, -0.2) is 0 Å². The summed E-state index contributed by atoms with van der Waals surface area (Å²) in [6, 6.07) is 29.4. The maximum absolute atomic E-state index is 13.8. The van der Waals surface area contributed by atoms with Gasteiger partial charge in [-0.3, -0.25) is 19.6 Å². The lowest BCUT2D eigenvalue weighted by Crippen LogP contribution is -2.44. The molecule has 56 heavy (non-hydrogen) atoms. The van der Waals surface area contributed by atoms with Gasteiger partial charge < -0.3 is 28.7 Å². The number of aliphatic imine (C=N–C) groups is 2. The zero-order chi connectivity index (χ0) is 38.3. The van der Waals surface area contributed by atoms with Crippen LogP contribution in [0.4, 0.5) is 11.4 Å². The van der Waals surface area contributed by atoms with E-state index in [2.05, 4.69) is 52.3 Å². The fraction of sp³-hybridized carbons (Fsp3) is 0.244. The van der Waals surface area contributed by atoms with Crippen LogP contribution < -0.4 is 18.9 Å². The summed E-state index contributed by atoms with van der Waals surface area (Å²) in [5.74, 6) is 1.74. The largest absolute Gasteiger partial charge is 0.493 e. The van der Waals surface area contributed by atoms with Crippen LogP contribution in [0, 0.1) is 0 Å².